The van der Waals surface area contributed by atoms with Gasteiger partial charge in [0.25, 0.3) is 0 Å². The Bertz CT molecular complexity index is 1080. The number of rotatable bonds is 3. The van der Waals surface area contributed by atoms with E-state index in [-0.39, 0.29) is 0 Å². The van der Waals surface area contributed by atoms with Crippen LogP contribution in [0.5, 0.6) is 0 Å². The molecule has 18 heavy (non-hydrogen) atoms. The third kappa shape index (κ3) is 0.0624. The monoisotopic (exact) mass is 348 g/mol. The summed E-state index contributed by atoms with van der Waals surface area (Å²) in [6.07, 6.45) is 4.85. The van der Waals surface area contributed by atoms with Crippen LogP contribution in [0, 0.1) is 0 Å². The molecule has 0 radical (unpaired) electrons. The molecule has 0 amide bonds. The van der Waals surface area contributed by atoms with Gasteiger partial charge in [-0.1, -0.05) is 0 Å². The van der Waals surface area contributed by atoms with Gasteiger partial charge in [-0.25, -0.2) is 0 Å². The second kappa shape index (κ2) is 0.628. The third-order valence-electron chi connectivity index (χ3n) is 17.5. The second-order valence-corrected chi connectivity index (χ2v) is 36.2. The van der Waals surface area contributed by atoms with Gasteiger partial charge >= 0.3 is 108 Å². The molecule has 0 bridgehead atoms. The van der Waals surface area contributed by atoms with Crippen molar-refractivity contribution in [3.8, 4) is 0 Å². The minimum atomic E-state index is -3.19. The van der Waals surface area contributed by atoms with Crippen molar-refractivity contribution in [3.63, 3.8) is 0 Å². The van der Waals surface area contributed by atoms with Crippen LogP contribution in [0.15, 0.2) is 0 Å². The van der Waals surface area contributed by atoms with E-state index in [0.717, 1.165) is 16.2 Å². The van der Waals surface area contributed by atoms with Crippen molar-refractivity contribution in [2.75, 3.05) is 0 Å². The van der Waals surface area contributed by atoms with Crippen molar-refractivity contribution in [2.24, 2.45) is 0 Å². The summed E-state index contributed by atoms with van der Waals surface area (Å²) in [5.41, 5.74) is 0. The van der Waals surface area contributed by atoms with Gasteiger partial charge in [0.1, 0.15) is 0 Å². The fourth-order valence-electron chi connectivity index (χ4n) is 21.6. The first kappa shape index (κ1) is 7.85. The number of hydrogen-bond donors (Lipinski definition) is 0. The summed E-state index contributed by atoms with van der Waals surface area (Å²) < 4.78 is 4.06. The number of hydrogen-bond acceptors (Lipinski definition) is 0. The van der Waals surface area contributed by atoms with Crippen LogP contribution >= 0.6 is 15.9 Å². The molecule has 0 aromatic rings. The van der Waals surface area contributed by atoms with Crippen molar-refractivity contribution >= 4 is 15.9 Å². The summed E-state index contributed by atoms with van der Waals surface area (Å²) in [5, 5.41) is 0. The minimum absolute atomic E-state index is 0.897. The van der Waals surface area contributed by atoms with E-state index in [1.165, 1.54) is 28.9 Å². The zero-order valence-electron chi connectivity index (χ0n) is 11.3. The van der Waals surface area contributed by atoms with Crippen molar-refractivity contribution in [2.45, 2.75) is 85.1 Å². The first-order chi connectivity index (χ1) is 8.40. The van der Waals surface area contributed by atoms with E-state index in [1.54, 1.807) is 19.3 Å². The summed E-state index contributed by atoms with van der Waals surface area (Å²) in [4.78, 5) is 8.44. The topological polar surface area (TPSA) is 0 Å². The first-order valence-electron chi connectivity index (χ1n) is 8.29. The van der Waals surface area contributed by atoms with Crippen LogP contribution in [0.3, 0.4) is 0 Å². The van der Waals surface area contributed by atoms with Crippen LogP contribution in [0.1, 0.15) is 40.0 Å². The summed E-state index contributed by atoms with van der Waals surface area (Å²) in [7, 11) is 0. The van der Waals surface area contributed by atoms with E-state index >= 15 is 0 Å². The van der Waals surface area contributed by atoms with Gasteiger partial charge in [-0.3, -0.25) is 0 Å². The van der Waals surface area contributed by atoms with Gasteiger partial charge in [0.05, 0.1) is 0 Å². The normalized spacial score (nSPS) is 126. The molecule has 10 heterocycles. The maximum atomic E-state index is 4.56. The molecule has 0 N–H and O–H groups in total. The van der Waals surface area contributed by atoms with Crippen LogP contribution in [0.4, 0.5) is 0 Å². The Morgan fingerprint density at radius 3 is 1.50 bits per heavy atom. The molecule has 0 aliphatic carbocycles. The molecule has 2 heteroatoms. The molecule has 8 atom stereocenters. The third-order valence-corrected chi connectivity index (χ3v) is 70.3. The predicted molar refractivity (Wildman–Crippen MR) is 73.1 cm³/mol. The Morgan fingerprint density at radius 1 is 0.833 bits per heavy atom. The van der Waals surface area contributed by atoms with Gasteiger partial charge < -0.3 is 0 Å². The van der Waals surface area contributed by atoms with Gasteiger partial charge in [-0.15, -0.1) is 0 Å². The Labute approximate surface area is 107 Å². The van der Waals surface area contributed by atoms with Crippen molar-refractivity contribution in [1.82, 2.24) is 0 Å². The second-order valence-electron chi connectivity index (χ2n) is 11.3. The van der Waals surface area contributed by atoms with E-state index in [4.69, 9.17) is 0 Å². The van der Waals surface area contributed by atoms with E-state index < -0.39 is 6.51 Å². The molecule has 0 nitrogen and oxygen atoms in total. The van der Waals surface area contributed by atoms with Crippen molar-refractivity contribution in [3.05, 3.63) is 0 Å². The number of halogens is 1. The molecular formula is C16H21BrFe. The number of fused-ring (bicyclic) bond motifs is 10. The average Bonchev–Trinajstić information content (AvgIpc) is 3.32. The SMILES string of the molecule is CC[C]12[CH]3[CH]4[C]5(CC)[C]1(CC)[Fe]34251678[CH]2[CH]1[CH]6[C]7(Br)[CH]28. The summed E-state index contributed by atoms with van der Waals surface area (Å²) in [6.45, 7) is 4.65. The molecule has 10 rings (SSSR count). The average molecular weight is 349 g/mol. The molecule has 1 spiro atoms. The van der Waals surface area contributed by atoms with Gasteiger partial charge in [-0.2, -0.15) is 0 Å². The molecule has 10 aliphatic heterocycles. The summed E-state index contributed by atoms with van der Waals surface area (Å²) in [5.74, 6) is 0. The molecule has 0 saturated carbocycles. The predicted octanol–water partition coefficient (Wildman–Crippen LogP) is 6.02. The van der Waals surface area contributed by atoms with Crippen LogP contribution in [0.25, 0.3) is 0 Å². The maximum absolute atomic E-state index is 4.56. The molecule has 10 fully saturated rings. The van der Waals surface area contributed by atoms with E-state index in [9.17, 15) is 0 Å². The van der Waals surface area contributed by atoms with E-state index in [2.05, 4.69) is 36.7 Å². The quantitative estimate of drug-likeness (QED) is 0.432. The molecule has 100 valence electrons. The molecule has 8 unspecified atom stereocenters. The first-order valence-corrected chi connectivity index (χ1v) is 15.1. The van der Waals surface area contributed by atoms with Crippen LogP contribution < -0.4 is 0 Å². The van der Waals surface area contributed by atoms with E-state index in [1.807, 2.05) is 0 Å². The Hall–Kier alpha value is 0.999. The van der Waals surface area contributed by atoms with Crippen LogP contribution in [-0.4, -0.2) is 3.22 Å². The molecular weight excluding hydrogens is 328 g/mol. The Morgan fingerprint density at radius 2 is 1.33 bits per heavy atom. The fraction of sp³-hybridized carbons (Fsp3) is 1.00. The van der Waals surface area contributed by atoms with Gasteiger partial charge in [0, 0.05) is 0 Å². The fourth-order valence-corrected chi connectivity index (χ4v) is 118. The Kier molecular flexibility index (Phi) is 0.274. The van der Waals surface area contributed by atoms with Crippen molar-refractivity contribution in [1.29, 1.82) is 0 Å². The van der Waals surface area contributed by atoms with Gasteiger partial charge in [0.15, 0.2) is 0 Å². The zero-order chi connectivity index (χ0) is 11.9. The molecule has 10 aliphatic rings. The van der Waals surface area contributed by atoms with Crippen LogP contribution in [-0.2, 0) is 6.51 Å². The molecule has 0 aromatic heterocycles. The number of alkyl halides is 1. The van der Waals surface area contributed by atoms with Crippen LogP contribution in [0.2, 0.25) is 41.8 Å². The standard InChI is InChI=1S/C11H17.C5H4Br.Fe/c1-4-9-7-8-10(5-2)11(9)6-3;6-5-3-1-2-4-5;/h7-8H,4-6H2,1-3H3;1-4H;. The van der Waals surface area contributed by atoms with Gasteiger partial charge in [0.2, 0.25) is 0 Å². The van der Waals surface area contributed by atoms with E-state index in [0.29, 0.717) is 0 Å². The van der Waals surface area contributed by atoms with Crippen molar-refractivity contribution < 1.29 is 6.51 Å². The van der Waals surface area contributed by atoms with Gasteiger partial charge in [-0.05, 0) is 0 Å². The molecule has 10 saturated heterocycles. The summed E-state index contributed by atoms with van der Waals surface area (Å²) >= 11 is 4.56. The Balaban J connectivity index is 1.78. The zero-order valence-corrected chi connectivity index (χ0v) is 14.0. The summed E-state index contributed by atoms with van der Waals surface area (Å²) in [6, 6.07) is 0. The molecule has 0 aromatic carbocycles.